The first kappa shape index (κ1) is 32.6. The number of nitrogens with zero attached hydrogens (tertiary/aromatic N) is 1. The lowest BCUT2D eigenvalue weighted by atomic mass is 9.87. The maximum Gasteiger partial charge on any atom is 0.457 e. The highest BCUT2D eigenvalue weighted by Gasteiger charge is 2.81. The van der Waals surface area contributed by atoms with E-state index in [9.17, 15) is 54.3 Å². The minimum atomic E-state index is -6.94. The van der Waals surface area contributed by atoms with Gasteiger partial charge in [-0.25, -0.2) is 8.78 Å². The summed E-state index contributed by atoms with van der Waals surface area (Å²) >= 11 is 3.74. The van der Waals surface area contributed by atoms with Crippen LogP contribution in [0, 0.1) is 9.39 Å². The SMILES string of the molecule is O=C(Nc1c(Br)cc(C(F)(C(F)(F)F)C(F)(F)C(F)(F)F)cc1I)c1cccc(N(O)C(=O)c2ccccc2)c1F. The molecular formula is C24H12BrF10IN2O3. The van der Waals surface area contributed by atoms with E-state index in [1.54, 1.807) is 6.07 Å². The third-order valence-corrected chi connectivity index (χ3v) is 7.00. The maximum atomic E-state index is 15.2. The molecule has 0 spiro atoms. The number of anilines is 2. The fourth-order valence-corrected chi connectivity index (χ4v) is 5.15. The van der Waals surface area contributed by atoms with Gasteiger partial charge in [-0.1, -0.05) is 24.3 Å². The number of halogens is 12. The number of amides is 2. The summed E-state index contributed by atoms with van der Waals surface area (Å²) in [7, 11) is 0. The largest absolute Gasteiger partial charge is 0.457 e. The second-order valence-corrected chi connectivity index (χ2v) is 10.1. The van der Waals surface area contributed by atoms with Crippen LogP contribution >= 0.6 is 38.5 Å². The van der Waals surface area contributed by atoms with E-state index >= 15 is 4.39 Å². The predicted molar refractivity (Wildman–Crippen MR) is 136 cm³/mol. The highest BCUT2D eigenvalue weighted by atomic mass is 127. The van der Waals surface area contributed by atoms with Crippen molar-refractivity contribution in [2.24, 2.45) is 0 Å². The van der Waals surface area contributed by atoms with Crippen LogP contribution in [0.2, 0.25) is 0 Å². The van der Waals surface area contributed by atoms with Crippen LogP contribution < -0.4 is 10.4 Å². The second-order valence-electron chi connectivity index (χ2n) is 8.12. The Hall–Kier alpha value is -2.93. The fraction of sp³-hybridized carbons (Fsp3) is 0.167. The minimum Gasteiger partial charge on any atom is -0.320 e. The average Bonchev–Trinajstić information content (AvgIpc) is 2.88. The smallest absolute Gasteiger partial charge is 0.320 e. The molecule has 0 radical (unpaired) electrons. The van der Waals surface area contributed by atoms with Gasteiger partial charge in [0, 0.05) is 19.2 Å². The van der Waals surface area contributed by atoms with Gasteiger partial charge in [0.25, 0.3) is 11.8 Å². The molecule has 0 aliphatic heterocycles. The average molecular weight is 773 g/mol. The number of alkyl halides is 9. The van der Waals surface area contributed by atoms with Gasteiger partial charge in [-0.2, -0.15) is 40.2 Å². The summed E-state index contributed by atoms with van der Waals surface area (Å²) in [4.78, 5) is 25.2. The molecule has 0 bridgehead atoms. The molecule has 17 heteroatoms. The quantitative estimate of drug-likeness (QED) is 0.115. The molecule has 3 rings (SSSR count). The molecule has 3 aromatic carbocycles. The monoisotopic (exact) mass is 772 g/mol. The zero-order valence-corrected chi connectivity index (χ0v) is 23.3. The van der Waals surface area contributed by atoms with Crippen LogP contribution in [0.3, 0.4) is 0 Å². The minimum absolute atomic E-state index is 0.00877. The number of hydrogen-bond donors (Lipinski definition) is 2. The van der Waals surface area contributed by atoms with Crippen LogP contribution in [0.4, 0.5) is 55.3 Å². The Morgan fingerprint density at radius 3 is 1.95 bits per heavy atom. The van der Waals surface area contributed by atoms with Crippen LogP contribution in [0.1, 0.15) is 26.3 Å². The van der Waals surface area contributed by atoms with Crippen molar-refractivity contribution >= 4 is 61.7 Å². The van der Waals surface area contributed by atoms with Crippen molar-refractivity contribution in [1.29, 1.82) is 0 Å². The molecule has 0 saturated heterocycles. The van der Waals surface area contributed by atoms with Gasteiger partial charge in [0.2, 0.25) is 0 Å². The lowest BCUT2D eigenvalue weighted by Gasteiger charge is -2.36. The molecule has 2 amide bonds. The first-order valence-electron chi connectivity index (χ1n) is 10.6. The number of carbonyl (C=O) groups is 2. The van der Waals surface area contributed by atoms with E-state index in [2.05, 4.69) is 15.9 Å². The van der Waals surface area contributed by atoms with Gasteiger partial charge < -0.3 is 5.32 Å². The van der Waals surface area contributed by atoms with E-state index in [-0.39, 0.29) is 22.8 Å². The molecule has 5 nitrogen and oxygen atoms in total. The number of carbonyl (C=O) groups excluding carboxylic acids is 2. The van der Waals surface area contributed by atoms with E-state index in [1.165, 1.54) is 24.3 Å². The summed E-state index contributed by atoms with van der Waals surface area (Å²) in [6, 6.07) is 9.92. The number of hydroxylamine groups is 1. The Morgan fingerprint density at radius 1 is 0.854 bits per heavy atom. The second kappa shape index (κ2) is 11.4. The number of benzene rings is 3. The molecule has 1 atom stereocenters. The normalized spacial score (nSPS) is 13.9. The van der Waals surface area contributed by atoms with Crippen molar-refractivity contribution < 1.29 is 58.7 Å². The molecule has 0 aromatic heterocycles. The van der Waals surface area contributed by atoms with Gasteiger partial charge in [-0.05, 0) is 74.9 Å². The lowest BCUT2D eigenvalue weighted by Crippen LogP contribution is -2.59. The zero-order valence-electron chi connectivity index (χ0n) is 19.5. The predicted octanol–water partition coefficient (Wildman–Crippen LogP) is 8.41. The molecule has 41 heavy (non-hydrogen) atoms. The Kier molecular flexibility index (Phi) is 9.05. The van der Waals surface area contributed by atoms with E-state index in [0.29, 0.717) is 0 Å². The summed E-state index contributed by atoms with van der Waals surface area (Å²) in [5, 5.41) is 12.2. The Bertz CT molecular complexity index is 1460. The molecular weight excluding hydrogens is 761 g/mol. The highest BCUT2D eigenvalue weighted by molar-refractivity contribution is 14.1. The molecule has 0 aliphatic rings. The molecule has 220 valence electrons. The Balaban J connectivity index is 2.00. The van der Waals surface area contributed by atoms with E-state index in [1.807, 2.05) is 5.32 Å². The van der Waals surface area contributed by atoms with Gasteiger partial charge in [0.1, 0.15) is 5.69 Å². The summed E-state index contributed by atoms with van der Waals surface area (Å²) in [6.07, 6.45) is -13.7. The Morgan fingerprint density at radius 2 is 1.44 bits per heavy atom. The molecule has 0 fully saturated rings. The van der Waals surface area contributed by atoms with Crippen molar-refractivity contribution in [3.05, 3.63) is 91.2 Å². The van der Waals surface area contributed by atoms with Crippen LogP contribution in [0.5, 0.6) is 0 Å². The van der Waals surface area contributed by atoms with E-state index in [0.717, 1.165) is 40.8 Å². The lowest BCUT2D eigenvalue weighted by molar-refractivity contribution is -0.389. The number of nitrogens with one attached hydrogen (secondary N) is 1. The van der Waals surface area contributed by atoms with Gasteiger partial charge in [0.05, 0.1) is 11.3 Å². The molecule has 0 aliphatic carbocycles. The fourth-order valence-electron chi connectivity index (χ4n) is 3.46. The molecule has 0 saturated carbocycles. The number of hydrogen-bond acceptors (Lipinski definition) is 3. The van der Waals surface area contributed by atoms with Crippen molar-refractivity contribution in [3.8, 4) is 0 Å². The maximum absolute atomic E-state index is 15.2. The van der Waals surface area contributed by atoms with Crippen molar-refractivity contribution in [1.82, 2.24) is 0 Å². The summed E-state index contributed by atoms with van der Waals surface area (Å²) in [6.45, 7) is 0. The molecule has 1 unspecified atom stereocenters. The van der Waals surface area contributed by atoms with Crippen LogP contribution in [-0.2, 0) is 5.67 Å². The van der Waals surface area contributed by atoms with Gasteiger partial charge in [-0.15, -0.1) is 0 Å². The highest BCUT2D eigenvalue weighted by Crippen LogP contribution is 2.58. The van der Waals surface area contributed by atoms with Crippen LogP contribution in [0.15, 0.2) is 65.1 Å². The standard InChI is InChI=1S/C24H12BrF10IN2O3/c25-14-9-12(21(27,23(30,31)32)22(28,29)24(33,34)35)10-15(36)18(14)37-19(39)13-7-4-8-16(17(13)26)38(41)20(40)11-5-2-1-3-6-11/h1-10,41H,(H,37,39). The summed E-state index contributed by atoms with van der Waals surface area (Å²) < 4.78 is 135. The van der Waals surface area contributed by atoms with E-state index in [4.69, 9.17) is 0 Å². The van der Waals surface area contributed by atoms with E-state index < -0.39 is 72.1 Å². The van der Waals surface area contributed by atoms with Crippen molar-refractivity contribution in [2.45, 2.75) is 23.9 Å². The molecule has 2 N–H and O–H groups in total. The van der Waals surface area contributed by atoms with Crippen LogP contribution in [-0.4, -0.2) is 35.3 Å². The number of rotatable bonds is 6. The van der Waals surface area contributed by atoms with Gasteiger partial charge >= 0.3 is 23.9 Å². The topological polar surface area (TPSA) is 69.6 Å². The van der Waals surface area contributed by atoms with Gasteiger partial charge in [-0.3, -0.25) is 14.8 Å². The summed E-state index contributed by atoms with van der Waals surface area (Å²) in [5.41, 5.74) is -10.6. The third kappa shape index (κ3) is 5.88. The third-order valence-electron chi connectivity index (χ3n) is 5.52. The first-order chi connectivity index (χ1) is 18.8. The van der Waals surface area contributed by atoms with Crippen molar-refractivity contribution in [3.63, 3.8) is 0 Å². The molecule has 3 aromatic rings. The zero-order chi connectivity index (χ0) is 31.1. The first-order valence-corrected chi connectivity index (χ1v) is 12.5. The summed E-state index contributed by atoms with van der Waals surface area (Å²) in [5.74, 6) is -10.8. The Labute approximate surface area is 245 Å². The van der Waals surface area contributed by atoms with Crippen LogP contribution in [0.25, 0.3) is 0 Å². The van der Waals surface area contributed by atoms with Gasteiger partial charge in [0.15, 0.2) is 5.82 Å². The van der Waals surface area contributed by atoms with Crippen molar-refractivity contribution in [2.75, 3.05) is 10.4 Å². The molecule has 0 heterocycles.